The Kier molecular flexibility index (Phi) is 11.9. The van der Waals surface area contributed by atoms with Gasteiger partial charge in [-0.05, 0) is 51.2 Å². The largest absolute Gasteiger partial charge is 0.289 e. The van der Waals surface area contributed by atoms with E-state index in [2.05, 4.69) is 56.3 Å². The molecular weight excluding hydrogens is 254 g/mol. The van der Waals surface area contributed by atoms with E-state index in [1.807, 2.05) is 31.4 Å². The average Bonchev–Trinajstić information content (AvgIpc) is 2.46. The number of hydrogen-bond acceptors (Lipinski definition) is 1. The van der Waals surface area contributed by atoms with Crippen LogP contribution < -0.4 is 0 Å². The molecular formula is C20H29N. The second kappa shape index (κ2) is 13.1. The van der Waals surface area contributed by atoms with E-state index in [4.69, 9.17) is 0 Å². The lowest BCUT2D eigenvalue weighted by Gasteiger charge is -2.05. The summed E-state index contributed by atoms with van der Waals surface area (Å²) in [6.45, 7) is 14.5. The molecule has 0 radical (unpaired) electrons. The predicted octanol–water partition coefficient (Wildman–Crippen LogP) is 5.85. The molecule has 0 aliphatic carbocycles. The molecule has 0 heterocycles. The van der Waals surface area contributed by atoms with Crippen LogP contribution in [0.1, 0.15) is 33.6 Å². The van der Waals surface area contributed by atoms with Gasteiger partial charge in [-0.1, -0.05) is 48.1 Å². The molecule has 0 aromatic heterocycles. The summed E-state index contributed by atoms with van der Waals surface area (Å²) in [5.41, 5.74) is 2.51. The highest BCUT2D eigenvalue weighted by molar-refractivity contribution is 5.74. The Hall–Kier alpha value is -1.89. The summed E-state index contributed by atoms with van der Waals surface area (Å²) in [6.07, 6.45) is 20.5. The first-order chi connectivity index (χ1) is 10.1. The van der Waals surface area contributed by atoms with Crippen LogP contribution in [-0.4, -0.2) is 12.8 Å². The summed E-state index contributed by atoms with van der Waals surface area (Å²) in [7, 11) is 0. The van der Waals surface area contributed by atoms with Crippen molar-refractivity contribution in [2.75, 3.05) is 6.54 Å². The SMILES string of the molecule is C=CCN=C/C=C(\C=C/C)/C=C/C(C=C)CCC=C(C)C. The molecule has 0 saturated carbocycles. The van der Waals surface area contributed by atoms with Gasteiger partial charge in [0, 0.05) is 6.21 Å². The molecule has 0 fully saturated rings. The highest BCUT2D eigenvalue weighted by atomic mass is 14.7. The van der Waals surface area contributed by atoms with Crippen molar-refractivity contribution in [1.82, 2.24) is 0 Å². The minimum absolute atomic E-state index is 0.402. The predicted molar refractivity (Wildman–Crippen MR) is 97.9 cm³/mol. The molecule has 0 aliphatic heterocycles. The Morgan fingerprint density at radius 1 is 1.19 bits per heavy atom. The first-order valence-corrected chi connectivity index (χ1v) is 7.51. The standard InChI is InChI=1S/C20H29N/c1-6-10-20(15-17-21-16-7-2)14-13-19(8-3)12-9-11-18(4)5/h6-8,10-11,13-15,17,19H,2-3,9,12,16H2,1,4-5H3/b10-6-,14-13+,20-15+,21-17?. The molecule has 0 amide bonds. The zero-order chi connectivity index (χ0) is 15.9. The van der Waals surface area contributed by atoms with Crippen LogP contribution in [0.4, 0.5) is 0 Å². The van der Waals surface area contributed by atoms with E-state index in [0.717, 1.165) is 18.4 Å². The Morgan fingerprint density at radius 2 is 1.95 bits per heavy atom. The van der Waals surface area contributed by atoms with Crippen LogP contribution in [0.5, 0.6) is 0 Å². The van der Waals surface area contributed by atoms with Crippen LogP contribution >= 0.6 is 0 Å². The Bertz CT molecular complexity index is 440. The molecule has 0 spiro atoms. The lowest BCUT2D eigenvalue weighted by atomic mass is 10.0. The molecule has 1 unspecified atom stereocenters. The molecule has 21 heavy (non-hydrogen) atoms. The van der Waals surface area contributed by atoms with Gasteiger partial charge >= 0.3 is 0 Å². The minimum Gasteiger partial charge on any atom is -0.289 e. The lowest BCUT2D eigenvalue weighted by Crippen LogP contribution is -1.91. The third-order valence-corrected chi connectivity index (χ3v) is 2.86. The molecule has 0 rings (SSSR count). The molecule has 0 N–H and O–H groups in total. The van der Waals surface area contributed by atoms with Gasteiger partial charge in [0.15, 0.2) is 0 Å². The second-order valence-corrected chi connectivity index (χ2v) is 5.09. The summed E-state index contributed by atoms with van der Waals surface area (Å²) >= 11 is 0. The van der Waals surface area contributed by atoms with Gasteiger partial charge in [0.05, 0.1) is 6.54 Å². The third-order valence-electron chi connectivity index (χ3n) is 2.86. The zero-order valence-electron chi connectivity index (χ0n) is 13.8. The first kappa shape index (κ1) is 19.1. The van der Waals surface area contributed by atoms with Crippen molar-refractivity contribution in [3.05, 3.63) is 72.9 Å². The van der Waals surface area contributed by atoms with E-state index < -0.39 is 0 Å². The van der Waals surface area contributed by atoms with Crippen molar-refractivity contribution in [3.8, 4) is 0 Å². The van der Waals surface area contributed by atoms with Crippen LogP contribution in [0.2, 0.25) is 0 Å². The van der Waals surface area contributed by atoms with Crippen LogP contribution in [0.15, 0.2) is 77.9 Å². The summed E-state index contributed by atoms with van der Waals surface area (Å²) in [5.74, 6) is 0.402. The van der Waals surface area contributed by atoms with Crippen LogP contribution in [0.25, 0.3) is 0 Å². The van der Waals surface area contributed by atoms with Crippen molar-refractivity contribution >= 4 is 6.21 Å². The van der Waals surface area contributed by atoms with E-state index in [1.165, 1.54) is 5.57 Å². The Morgan fingerprint density at radius 3 is 2.52 bits per heavy atom. The normalized spacial score (nSPS) is 14.0. The Balaban J connectivity index is 4.68. The van der Waals surface area contributed by atoms with Gasteiger partial charge in [-0.3, -0.25) is 4.99 Å². The fourth-order valence-corrected chi connectivity index (χ4v) is 1.73. The molecule has 1 atom stereocenters. The summed E-state index contributed by atoms with van der Waals surface area (Å²) in [6, 6.07) is 0. The van der Waals surface area contributed by atoms with Crippen LogP contribution in [0, 0.1) is 5.92 Å². The monoisotopic (exact) mass is 283 g/mol. The van der Waals surface area contributed by atoms with Gasteiger partial charge in [0.2, 0.25) is 0 Å². The highest BCUT2D eigenvalue weighted by Gasteiger charge is 1.98. The van der Waals surface area contributed by atoms with Crippen molar-refractivity contribution < 1.29 is 0 Å². The molecule has 1 nitrogen and oxygen atoms in total. The third kappa shape index (κ3) is 11.6. The van der Waals surface area contributed by atoms with Gasteiger partial charge in [-0.2, -0.15) is 0 Å². The van der Waals surface area contributed by atoms with E-state index in [0.29, 0.717) is 12.5 Å². The van der Waals surface area contributed by atoms with Crippen LogP contribution in [-0.2, 0) is 0 Å². The van der Waals surface area contributed by atoms with Crippen molar-refractivity contribution in [2.24, 2.45) is 10.9 Å². The second-order valence-electron chi connectivity index (χ2n) is 5.09. The van der Waals surface area contributed by atoms with Gasteiger partial charge in [0.1, 0.15) is 0 Å². The van der Waals surface area contributed by atoms with E-state index >= 15 is 0 Å². The number of rotatable bonds is 10. The van der Waals surface area contributed by atoms with Crippen molar-refractivity contribution in [2.45, 2.75) is 33.6 Å². The topological polar surface area (TPSA) is 12.4 Å². The maximum Gasteiger partial charge on any atom is 0.0567 e. The van der Waals surface area contributed by atoms with Gasteiger partial charge in [0.25, 0.3) is 0 Å². The number of aliphatic imine (C=N–C) groups is 1. The summed E-state index contributed by atoms with van der Waals surface area (Å²) in [5, 5.41) is 0. The average molecular weight is 283 g/mol. The summed E-state index contributed by atoms with van der Waals surface area (Å²) in [4.78, 5) is 4.21. The van der Waals surface area contributed by atoms with Crippen LogP contribution in [0.3, 0.4) is 0 Å². The molecule has 0 aromatic carbocycles. The minimum atomic E-state index is 0.402. The quantitative estimate of drug-likeness (QED) is 0.271. The summed E-state index contributed by atoms with van der Waals surface area (Å²) < 4.78 is 0. The van der Waals surface area contributed by atoms with Crippen molar-refractivity contribution in [3.63, 3.8) is 0 Å². The number of allylic oxidation sites excluding steroid dienone is 9. The smallest absolute Gasteiger partial charge is 0.0567 e. The molecule has 0 bridgehead atoms. The lowest BCUT2D eigenvalue weighted by molar-refractivity contribution is 0.721. The van der Waals surface area contributed by atoms with Gasteiger partial charge < -0.3 is 0 Å². The fourth-order valence-electron chi connectivity index (χ4n) is 1.73. The highest BCUT2D eigenvalue weighted by Crippen LogP contribution is 2.13. The van der Waals surface area contributed by atoms with E-state index in [9.17, 15) is 0 Å². The molecule has 1 heteroatoms. The van der Waals surface area contributed by atoms with E-state index in [-0.39, 0.29) is 0 Å². The number of nitrogens with zero attached hydrogens (tertiary/aromatic N) is 1. The van der Waals surface area contributed by atoms with Crippen molar-refractivity contribution in [1.29, 1.82) is 0 Å². The fraction of sp³-hybridized carbons (Fsp3) is 0.350. The van der Waals surface area contributed by atoms with E-state index in [1.54, 1.807) is 6.08 Å². The molecule has 0 aliphatic rings. The zero-order valence-corrected chi connectivity index (χ0v) is 13.8. The molecule has 114 valence electrons. The maximum absolute atomic E-state index is 4.21. The number of hydrogen-bond donors (Lipinski definition) is 0. The molecule has 0 saturated heterocycles. The molecule has 0 aromatic rings. The van der Waals surface area contributed by atoms with Gasteiger partial charge in [-0.25, -0.2) is 0 Å². The van der Waals surface area contributed by atoms with Gasteiger partial charge in [-0.15, -0.1) is 13.2 Å². The Labute approximate surface area is 130 Å². The first-order valence-electron chi connectivity index (χ1n) is 7.51. The maximum atomic E-state index is 4.21.